The molecule has 29 heavy (non-hydrogen) atoms. The van der Waals surface area contributed by atoms with E-state index in [1.807, 2.05) is 30.3 Å². The molecular formula is C21H18N4O4. The van der Waals surface area contributed by atoms with Crippen LogP contribution in [0, 0.1) is 0 Å². The van der Waals surface area contributed by atoms with E-state index in [1.54, 1.807) is 42.5 Å². The van der Waals surface area contributed by atoms with Gasteiger partial charge in [-0.3, -0.25) is 5.43 Å². The number of ether oxygens (including phenoxy) is 1. The molecule has 3 N–H and O–H groups in total. The zero-order valence-corrected chi connectivity index (χ0v) is 15.3. The molecule has 0 aliphatic carbocycles. The smallest absolute Gasteiger partial charge is 0.341 e. The van der Waals surface area contributed by atoms with Gasteiger partial charge in [0.1, 0.15) is 17.2 Å². The predicted octanol–water partition coefficient (Wildman–Crippen LogP) is 4.41. The second-order valence-corrected chi connectivity index (χ2v) is 5.78. The van der Waals surface area contributed by atoms with Crippen molar-refractivity contribution in [3.63, 3.8) is 0 Å². The second-order valence-electron chi connectivity index (χ2n) is 5.78. The first-order chi connectivity index (χ1) is 14.1. The van der Waals surface area contributed by atoms with Crippen molar-refractivity contribution < 1.29 is 19.7 Å². The highest BCUT2D eigenvalue weighted by molar-refractivity contribution is 5.99. The maximum absolute atomic E-state index is 10.8. The third kappa shape index (κ3) is 5.64. The highest BCUT2D eigenvalue weighted by atomic mass is 16.5. The fourth-order valence-electron chi connectivity index (χ4n) is 2.32. The Morgan fingerprint density at radius 2 is 1.62 bits per heavy atom. The van der Waals surface area contributed by atoms with Crippen molar-refractivity contribution in [1.82, 2.24) is 0 Å². The number of phenolic OH excluding ortho intramolecular Hbond substituents is 1. The van der Waals surface area contributed by atoms with Gasteiger partial charge in [0.15, 0.2) is 6.61 Å². The lowest BCUT2D eigenvalue weighted by Gasteiger charge is -2.09. The Bertz CT molecular complexity index is 1040. The number of carboxylic acid groups (broad SMARTS) is 1. The van der Waals surface area contributed by atoms with Crippen LogP contribution in [0.1, 0.15) is 5.56 Å². The molecule has 0 saturated heterocycles. The maximum Gasteiger partial charge on any atom is 0.341 e. The monoisotopic (exact) mass is 390 g/mol. The molecule has 0 aliphatic rings. The molecule has 0 fully saturated rings. The minimum absolute atomic E-state index is 0.00374. The summed E-state index contributed by atoms with van der Waals surface area (Å²) in [6, 6.07) is 22.6. The molecule has 0 saturated carbocycles. The van der Waals surface area contributed by atoms with E-state index in [1.165, 1.54) is 6.07 Å². The first kappa shape index (κ1) is 19.6. The van der Waals surface area contributed by atoms with Gasteiger partial charge in [-0.2, -0.15) is 5.10 Å². The number of nitrogens with zero attached hydrogens (tertiary/aromatic N) is 3. The third-order valence-electron chi connectivity index (χ3n) is 3.69. The number of hydrogen-bond donors (Lipinski definition) is 3. The number of carbonyl (C=O) groups is 1. The number of aromatic hydroxyl groups is 1. The fraction of sp³-hybridized carbons (Fsp3) is 0.0476. The van der Waals surface area contributed by atoms with Gasteiger partial charge in [-0.25, -0.2) is 4.79 Å². The third-order valence-corrected chi connectivity index (χ3v) is 3.69. The van der Waals surface area contributed by atoms with Crippen molar-refractivity contribution in [3.05, 3.63) is 84.4 Å². The molecule has 8 nitrogen and oxygen atoms in total. The molecular weight excluding hydrogens is 372 g/mol. The van der Waals surface area contributed by atoms with Crippen molar-refractivity contribution in [2.45, 2.75) is 0 Å². The molecule has 3 rings (SSSR count). The van der Waals surface area contributed by atoms with Crippen molar-refractivity contribution in [1.29, 1.82) is 0 Å². The Balaban J connectivity index is 1.89. The summed E-state index contributed by atoms with van der Waals surface area (Å²) in [5, 5.41) is 31.2. The molecule has 0 amide bonds. The molecule has 3 aromatic rings. The molecule has 0 unspecified atom stereocenters. The SMILES string of the molecule is O=C(O)COc1ccccc1NN=C(N=Nc1ccccc1O)c1ccccc1. The number of nitrogens with one attached hydrogen (secondary N) is 1. The van der Waals surface area contributed by atoms with Crippen LogP contribution in [0.25, 0.3) is 0 Å². The summed E-state index contributed by atoms with van der Waals surface area (Å²) in [4.78, 5) is 10.8. The number of benzene rings is 3. The van der Waals surface area contributed by atoms with Gasteiger partial charge in [0, 0.05) is 5.56 Å². The number of rotatable bonds is 7. The number of hydrazone groups is 1. The van der Waals surface area contributed by atoms with E-state index in [9.17, 15) is 9.90 Å². The van der Waals surface area contributed by atoms with Gasteiger partial charge in [0.05, 0.1) is 5.69 Å². The van der Waals surface area contributed by atoms with E-state index in [0.717, 1.165) is 0 Å². The number of hydrogen-bond acceptors (Lipinski definition) is 6. The second kappa shape index (κ2) is 9.65. The van der Waals surface area contributed by atoms with E-state index < -0.39 is 12.6 Å². The molecule has 0 aromatic heterocycles. The van der Waals surface area contributed by atoms with Crippen LogP contribution in [-0.2, 0) is 4.79 Å². The van der Waals surface area contributed by atoms with E-state index in [-0.39, 0.29) is 11.6 Å². The summed E-state index contributed by atoms with van der Waals surface area (Å²) in [5.41, 5.74) is 4.32. The Morgan fingerprint density at radius 3 is 2.38 bits per heavy atom. The highest BCUT2D eigenvalue weighted by Gasteiger charge is 2.07. The molecule has 8 heteroatoms. The highest BCUT2D eigenvalue weighted by Crippen LogP contribution is 2.26. The molecule has 3 aromatic carbocycles. The van der Waals surface area contributed by atoms with Crippen LogP contribution >= 0.6 is 0 Å². The number of phenols is 1. The van der Waals surface area contributed by atoms with Gasteiger partial charge < -0.3 is 14.9 Å². The predicted molar refractivity (Wildman–Crippen MR) is 109 cm³/mol. The summed E-state index contributed by atoms with van der Waals surface area (Å²) in [7, 11) is 0. The lowest BCUT2D eigenvalue weighted by atomic mass is 10.2. The van der Waals surface area contributed by atoms with E-state index >= 15 is 0 Å². The topological polar surface area (TPSA) is 116 Å². The lowest BCUT2D eigenvalue weighted by Crippen LogP contribution is -2.10. The minimum atomic E-state index is -1.08. The van der Waals surface area contributed by atoms with Crippen molar-refractivity contribution in [3.8, 4) is 11.5 Å². The van der Waals surface area contributed by atoms with E-state index in [4.69, 9.17) is 9.84 Å². The molecule has 0 spiro atoms. The number of para-hydroxylation sites is 3. The van der Waals surface area contributed by atoms with Crippen molar-refractivity contribution >= 4 is 23.2 Å². The van der Waals surface area contributed by atoms with E-state index in [2.05, 4.69) is 20.8 Å². The quantitative estimate of drug-likeness (QED) is 0.239. The first-order valence-corrected chi connectivity index (χ1v) is 8.66. The summed E-state index contributed by atoms with van der Waals surface area (Å²) in [5.74, 6) is -0.473. The van der Waals surface area contributed by atoms with Gasteiger partial charge in [-0.15, -0.1) is 10.2 Å². The summed E-state index contributed by atoms with van der Waals surface area (Å²) in [6.45, 7) is -0.471. The van der Waals surface area contributed by atoms with Crippen LogP contribution in [0.4, 0.5) is 11.4 Å². The van der Waals surface area contributed by atoms with Gasteiger partial charge in [-0.05, 0) is 24.3 Å². The van der Waals surface area contributed by atoms with Gasteiger partial charge >= 0.3 is 5.97 Å². The summed E-state index contributed by atoms with van der Waals surface area (Å²) >= 11 is 0. The number of amidine groups is 1. The van der Waals surface area contributed by atoms with Crippen LogP contribution in [0.15, 0.2) is 94.2 Å². The standard InChI is InChI=1S/C21H18N4O4/c26-18-12-6-4-10-16(18)22-24-21(15-8-2-1-3-9-15)25-23-17-11-5-7-13-19(17)29-14-20(27)28/h1-13,23,26H,14H2,(H,27,28). The zero-order chi connectivity index (χ0) is 20.5. The molecule has 0 aliphatic heterocycles. The zero-order valence-electron chi connectivity index (χ0n) is 15.3. The molecule has 0 bridgehead atoms. The Hall–Kier alpha value is -4.20. The van der Waals surface area contributed by atoms with Crippen LogP contribution < -0.4 is 10.2 Å². The number of anilines is 1. The maximum atomic E-state index is 10.8. The average molecular weight is 390 g/mol. The Labute approximate surface area is 166 Å². The van der Waals surface area contributed by atoms with Crippen LogP contribution in [0.3, 0.4) is 0 Å². The van der Waals surface area contributed by atoms with Crippen LogP contribution in [0.2, 0.25) is 0 Å². The molecule has 0 radical (unpaired) electrons. The largest absolute Gasteiger partial charge is 0.506 e. The Morgan fingerprint density at radius 1 is 0.931 bits per heavy atom. The number of azo groups is 1. The van der Waals surface area contributed by atoms with Crippen LogP contribution in [0.5, 0.6) is 11.5 Å². The molecule has 0 heterocycles. The molecule has 0 atom stereocenters. The first-order valence-electron chi connectivity index (χ1n) is 8.66. The lowest BCUT2D eigenvalue weighted by molar-refractivity contribution is -0.139. The number of carboxylic acids is 1. The van der Waals surface area contributed by atoms with Crippen molar-refractivity contribution in [2.75, 3.05) is 12.0 Å². The minimum Gasteiger partial charge on any atom is -0.506 e. The van der Waals surface area contributed by atoms with E-state index in [0.29, 0.717) is 22.7 Å². The summed E-state index contributed by atoms with van der Waals surface area (Å²) in [6.07, 6.45) is 0. The van der Waals surface area contributed by atoms with Gasteiger partial charge in [-0.1, -0.05) is 54.6 Å². The van der Waals surface area contributed by atoms with Gasteiger partial charge in [0.2, 0.25) is 5.84 Å². The normalized spacial score (nSPS) is 11.4. The number of aliphatic carboxylic acids is 1. The van der Waals surface area contributed by atoms with Gasteiger partial charge in [0.25, 0.3) is 0 Å². The fourth-order valence-corrected chi connectivity index (χ4v) is 2.32. The van der Waals surface area contributed by atoms with Crippen molar-refractivity contribution in [2.24, 2.45) is 15.3 Å². The Kier molecular flexibility index (Phi) is 6.51. The summed E-state index contributed by atoms with van der Waals surface area (Å²) < 4.78 is 5.26. The molecule has 146 valence electrons. The average Bonchev–Trinajstić information content (AvgIpc) is 2.74. The van der Waals surface area contributed by atoms with Crippen LogP contribution in [-0.4, -0.2) is 28.6 Å².